The van der Waals surface area contributed by atoms with Crippen LogP contribution in [0, 0.1) is 0 Å². The van der Waals surface area contributed by atoms with Crippen molar-refractivity contribution < 1.29 is 0 Å². The number of rotatable bonds is 0. The SMILES string of the molecule is CN1[C@@H]2CCNC[C@H]1CC2. The maximum absolute atomic E-state index is 3.47. The van der Waals surface area contributed by atoms with Gasteiger partial charge in [0.25, 0.3) is 0 Å². The zero-order chi connectivity index (χ0) is 6.97. The Bertz CT molecular complexity index is 110. The van der Waals surface area contributed by atoms with Crippen LogP contribution in [0.15, 0.2) is 0 Å². The van der Waals surface area contributed by atoms with Crippen molar-refractivity contribution in [1.29, 1.82) is 0 Å². The van der Waals surface area contributed by atoms with E-state index in [0.717, 1.165) is 12.1 Å². The van der Waals surface area contributed by atoms with Crippen molar-refractivity contribution in [3.05, 3.63) is 0 Å². The van der Waals surface area contributed by atoms with Crippen molar-refractivity contribution in [3.63, 3.8) is 0 Å². The van der Waals surface area contributed by atoms with E-state index in [9.17, 15) is 0 Å². The number of nitrogens with zero attached hydrogens (tertiary/aromatic N) is 1. The highest BCUT2D eigenvalue weighted by molar-refractivity contribution is 4.89. The van der Waals surface area contributed by atoms with Crippen LogP contribution < -0.4 is 5.32 Å². The topological polar surface area (TPSA) is 15.3 Å². The normalized spacial score (nSPS) is 41.7. The van der Waals surface area contributed by atoms with Crippen LogP contribution in [-0.2, 0) is 0 Å². The summed E-state index contributed by atoms with van der Waals surface area (Å²) in [6.45, 7) is 2.44. The molecule has 2 aliphatic heterocycles. The first-order valence-electron chi connectivity index (χ1n) is 4.30. The Hall–Kier alpha value is -0.0800. The summed E-state index contributed by atoms with van der Waals surface area (Å²) in [6, 6.07) is 1.73. The Morgan fingerprint density at radius 2 is 2.00 bits per heavy atom. The fourth-order valence-corrected chi connectivity index (χ4v) is 2.22. The van der Waals surface area contributed by atoms with Crippen LogP contribution in [-0.4, -0.2) is 37.1 Å². The van der Waals surface area contributed by atoms with Crippen LogP contribution in [0.2, 0.25) is 0 Å². The Kier molecular flexibility index (Phi) is 1.66. The van der Waals surface area contributed by atoms with Crippen molar-refractivity contribution in [1.82, 2.24) is 10.2 Å². The highest BCUT2D eigenvalue weighted by Crippen LogP contribution is 2.25. The van der Waals surface area contributed by atoms with Gasteiger partial charge in [0.2, 0.25) is 0 Å². The maximum atomic E-state index is 3.47. The van der Waals surface area contributed by atoms with Gasteiger partial charge in [0, 0.05) is 18.6 Å². The smallest absolute Gasteiger partial charge is 0.0221 e. The Balaban J connectivity index is 2.07. The lowest BCUT2D eigenvalue weighted by atomic mass is 10.1. The van der Waals surface area contributed by atoms with Crippen molar-refractivity contribution in [3.8, 4) is 0 Å². The highest BCUT2D eigenvalue weighted by Gasteiger charge is 2.31. The van der Waals surface area contributed by atoms with Gasteiger partial charge in [0.1, 0.15) is 0 Å². The molecule has 58 valence electrons. The third kappa shape index (κ3) is 0.956. The van der Waals surface area contributed by atoms with Crippen LogP contribution in [0.25, 0.3) is 0 Å². The Morgan fingerprint density at radius 3 is 2.90 bits per heavy atom. The summed E-state index contributed by atoms with van der Waals surface area (Å²) in [5, 5.41) is 3.47. The molecule has 2 aliphatic rings. The fraction of sp³-hybridized carbons (Fsp3) is 1.00. The number of likely N-dealkylation sites (N-methyl/N-ethyl adjacent to an activating group) is 1. The molecule has 0 aromatic carbocycles. The average Bonchev–Trinajstić information content (AvgIpc) is 2.06. The zero-order valence-electron chi connectivity index (χ0n) is 6.64. The largest absolute Gasteiger partial charge is 0.315 e. The van der Waals surface area contributed by atoms with E-state index in [1.54, 1.807) is 0 Å². The van der Waals surface area contributed by atoms with Gasteiger partial charge in [0.15, 0.2) is 0 Å². The summed E-state index contributed by atoms with van der Waals surface area (Å²) in [5.74, 6) is 0. The average molecular weight is 140 g/mol. The summed E-state index contributed by atoms with van der Waals surface area (Å²) in [6.07, 6.45) is 4.20. The third-order valence-corrected chi connectivity index (χ3v) is 3.02. The van der Waals surface area contributed by atoms with E-state index in [4.69, 9.17) is 0 Å². The Morgan fingerprint density at radius 1 is 1.20 bits per heavy atom. The minimum absolute atomic E-state index is 0.840. The van der Waals surface area contributed by atoms with E-state index >= 15 is 0 Å². The number of fused-ring (bicyclic) bond motifs is 2. The zero-order valence-corrected chi connectivity index (χ0v) is 6.64. The summed E-state index contributed by atoms with van der Waals surface area (Å²) in [4.78, 5) is 2.56. The molecule has 2 bridgehead atoms. The van der Waals surface area contributed by atoms with Gasteiger partial charge in [-0.15, -0.1) is 0 Å². The molecule has 0 saturated carbocycles. The van der Waals surface area contributed by atoms with Crippen LogP contribution in [0.5, 0.6) is 0 Å². The van der Waals surface area contributed by atoms with E-state index in [1.165, 1.54) is 32.4 Å². The first-order chi connectivity index (χ1) is 4.88. The molecular weight excluding hydrogens is 124 g/mol. The van der Waals surface area contributed by atoms with Crippen molar-refractivity contribution >= 4 is 0 Å². The summed E-state index contributed by atoms with van der Waals surface area (Å²) >= 11 is 0. The number of hydrogen-bond donors (Lipinski definition) is 1. The number of hydrogen-bond acceptors (Lipinski definition) is 2. The molecule has 2 rings (SSSR count). The molecule has 2 fully saturated rings. The van der Waals surface area contributed by atoms with Crippen LogP contribution in [0.4, 0.5) is 0 Å². The van der Waals surface area contributed by atoms with E-state index in [-0.39, 0.29) is 0 Å². The van der Waals surface area contributed by atoms with E-state index in [1.807, 2.05) is 0 Å². The molecule has 0 aromatic rings. The van der Waals surface area contributed by atoms with Crippen LogP contribution in [0.3, 0.4) is 0 Å². The molecule has 0 aliphatic carbocycles. The van der Waals surface area contributed by atoms with Crippen molar-refractivity contribution in [2.24, 2.45) is 0 Å². The predicted octanol–water partition coefficient (Wildman–Crippen LogP) is 0.442. The Labute approximate surface area is 62.6 Å². The lowest BCUT2D eigenvalue weighted by molar-refractivity contribution is 0.253. The van der Waals surface area contributed by atoms with Gasteiger partial charge in [-0.1, -0.05) is 0 Å². The summed E-state index contributed by atoms with van der Waals surface area (Å²) in [7, 11) is 2.27. The second-order valence-electron chi connectivity index (χ2n) is 3.54. The van der Waals surface area contributed by atoms with Gasteiger partial charge >= 0.3 is 0 Å². The molecule has 2 heterocycles. The third-order valence-electron chi connectivity index (χ3n) is 3.02. The standard InChI is InChI=1S/C8H16N2/c1-10-7-2-3-8(10)6-9-5-4-7/h7-9H,2-6H2,1H3/t7-,8+/m0/s1. The number of nitrogens with one attached hydrogen (secondary N) is 1. The van der Waals surface area contributed by atoms with Crippen molar-refractivity contribution in [2.45, 2.75) is 31.3 Å². The highest BCUT2D eigenvalue weighted by atomic mass is 15.2. The van der Waals surface area contributed by atoms with E-state index < -0.39 is 0 Å². The van der Waals surface area contributed by atoms with Crippen LogP contribution >= 0.6 is 0 Å². The van der Waals surface area contributed by atoms with Gasteiger partial charge in [-0.05, 0) is 32.9 Å². The first-order valence-corrected chi connectivity index (χ1v) is 4.30. The monoisotopic (exact) mass is 140 g/mol. The molecule has 0 spiro atoms. The van der Waals surface area contributed by atoms with Gasteiger partial charge in [-0.3, -0.25) is 4.90 Å². The second-order valence-corrected chi connectivity index (χ2v) is 3.54. The van der Waals surface area contributed by atoms with Crippen molar-refractivity contribution in [2.75, 3.05) is 20.1 Å². The quantitative estimate of drug-likeness (QED) is 0.525. The molecule has 1 N–H and O–H groups in total. The molecule has 0 amide bonds. The van der Waals surface area contributed by atoms with Crippen LogP contribution in [0.1, 0.15) is 19.3 Å². The molecular formula is C8H16N2. The summed E-state index contributed by atoms with van der Waals surface area (Å²) < 4.78 is 0. The van der Waals surface area contributed by atoms with Gasteiger partial charge < -0.3 is 5.32 Å². The lowest BCUT2D eigenvalue weighted by Crippen LogP contribution is -2.34. The van der Waals surface area contributed by atoms with Gasteiger partial charge in [-0.2, -0.15) is 0 Å². The molecule has 2 nitrogen and oxygen atoms in total. The minimum Gasteiger partial charge on any atom is -0.315 e. The fourth-order valence-electron chi connectivity index (χ4n) is 2.22. The first kappa shape index (κ1) is 6.62. The molecule has 0 radical (unpaired) electrons. The van der Waals surface area contributed by atoms with E-state index in [2.05, 4.69) is 17.3 Å². The lowest BCUT2D eigenvalue weighted by Gasteiger charge is -2.21. The molecule has 10 heavy (non-hydrogen) atoms. The molecule has 0 unspecified atom stereocenters. The van der Waals surface area contributed by atoms with Gasteiger partial charge in [0.05, 0.1) is 0 Å². The molecule has 2 saturated heterocycles. The minimum atomic E-state index is 0.840. The summed E-state index contributed by atoms with van der Waals surface area (Å²) in [5.41, 5.74) is 0. The molecule has 0 aromatic heterocycles. The maximum Gasteiger partial charge on any atom is 0.0221 e. The van der Waals surface area contributed by atoms with Gasteiger partial charge in [-0.25, -0.2) is 0 Å². The molecule has 2 heteroatoms. The molecule has 2 atom stereocenters. The van der Waals surface area contributed by atoms with E-state index in [0.29, 0.717) is 0 Å². The predicted molar refractivity (Wildman–Crippen MR) is 42.1 cm³/mol. The second kappa shape index (κ2) is 2.51.